The number of likely N-dealkylation sites (tertiary alicyclic amines) is 1. The molecule has 0 aliphatic carbocycles. The Morgan fingerprint density at radius 2 is 2.41 bits per heavy atom. The zero-order chi connectivity index (χ0) is 12.3. The molecule has 17 heavy (non-hydrogen) atoms. The van der Waals surface area contributed by atoms with E-state index in [1.807, 2.05) is 0 Å². The van der Waals surface area contributed by atoms with Crippen molar-refractivity contribution < 1.29 is 19.4 Å². The van der Waals surface area contributed by atoms with Crippen LogP contribution in [0.3, 0.4) is 0 Å². The summed E-state index contributed by atoms with van der Waals surface area (Å²) in [6, 6.07) is 1.48. The van der Waals surface area contributed by atoms with Crippen molar-refractivity contribution >= 4 is 5.97 Å². The Hall–Kier alpha value is -1.33. The van der Waals surface area contributed by atoms with Crippen LogP contribution in [0.15, 0.2) is 16.7 Å². The van der Waals surface area contributed by atoms with E-state index in [1.54, 1.807) is 0 Å². The normalized spacial score (nSPS) is 21.6. The molecule has 2 rings (SSSR count). The van der Waals surface area contributed by atoms with Crippen LogP contribution in [0, 0.1) is 5.92 Å². The van der Waals surface area contributed by atoms with Gasteiger partial charge in [0.1, 0.15) is 11.3 Å². The van der Waals surface area contributed by atoms with Gasteiger partial charge in [-0.2, -0.15) is 0 Å². The third-order valence-corrected chi connectivity index (χ3v) is 3.20. The van der Waals surface area contributed by atoms with Gasteiger partial charge in [-0.15, -0.1) is 0 Å². The average molecular weight is 239 g/mol. The molecule has 1 aromatic heterocycles. The van der Waals surface area contributed by atoms with Crippen molar-refractivity contribution in [2.45, 2.75) is 19.4 Å². The van der Waals surface area contributed by atoms with Crippen molar-refractivity contribution in [2.75, 3.05) is 19.7 Å². The smallest absolute Gasteiger partial charge is 0.339 e. The van der Waals surface area contributed by atoms with Crippen molar-refractivity contribution in [3.63, 3.8) is 0 Å². The molecule has 1 aliphatic heterocycles. The summed E-state index contributed by atoms with van der Waals surface area (Å²) in [5, 5.41) is 18.1. The Morgan fingerprint density at radius 1 is 1.59 bits per heavy atom. The number of rotatable bonds is 4. The molecule has 0 aromatic carbocycles. The minimum absolute atomic E-state index is 0.195. The van der Waals surface area contributed by atoms with Crippen molar-refractivity contribution in [1.82, 2.24) is 4.90 Å². The van der Waals surface area contributed by atoms with Gasteiger partial charge in [-0.1, -0.05) is 0 Å². The number of aromatic carboxylic acids is 1. The van der Waals surface area contributed by atoms with E-state index in [1.165, 1.54) is 12.3 Å². The Bertz CT molecular complexity index is 388. The van der Waals surface area contributed by atoms with E-state index in [2.05, 4.69) is 4.90 Å². The number of carboxylic acids is 1. The van der Waals surface area contributed by atoms with Gasteiger partial charge in [0.15, 0.2) is 0 Å². The molecule has 0 saturated carbocycles. The molecular weight excluding hydrogens is 222 g/mol. The number of hydrogen-bond donors (Lipinski definition) is 2. The first-order valence-corrected chi connectivity index (χ1v) is 5.83. The predicted octanol–water partition coefficient (Wildman–Crippen LogP) is 1.18. The second kappa shape index (κ2) is 5.33. The standard InChI is InChI=1S/C12H17NO4/c14-8-9-2-1-4-13(6-9)7-11-10(12(15)16)3-5-17-11/h3,5,9,14H,1-2,4,6-8H2,(H,15,16). The molecule has 1 unspecified atom stereocenters. The monoisotopic (exact) mass is 239 g/mol. The van der Waals surface area contributed by atoms with E-state index in [0.29, 0.717) is 18.2 Å². The lowest BCUT2D eigenvalue weighted by atomic mass is 9.99. The quantitative estimate of drug-likeness (QED) is 0.825. The summed E-state index contributed by atoms with van der Waals surface area (Å²) in [7, 11) is 0. The van der Waals surface area contributed by atoms with Crippen LogP contribution in [0.2, 0.25) is 0 Å². The Kier molecular flexibility index (Phi) is 3.81. The Morgan fingerprint density at radius 3 is 3.12 bits per heavy atom. The van der Waals surface area contributed by atoms with Crippen LogP contribution in [-0.2, 0) is 6.54 Å². The number of aliphatic hydroxyl groups excluding tert-OH is 1. The molecule has 0 bridgehead atoms. The first-order valence-electron chi connectivity index (χ1n) is 5.83. The van der Waals surface area contributed by atoms with Gasteiger partial charge in [0.25, 0.3) is 0 Å². The molecule has 0 radical (unpaired) electrons. The zero-order valence-electron chi connectivity index (χ0n) is 9.63. The van der Waals surface area contributed by atoms with E-state index in [-0.39, 0.29) is 12.2 Å². The predicted molar refractivity (Wildman–Crippen MR) is 60.8 cm³/mol. The van der Waals surface area contributed by atoms with Gasteiger partial charge in [-0.3, -0.25) is 4.90 Å². The van der Waals surface area contributed by atoms with E-state index < -0.39 is 5.97 Å². The van der Waals surface area contributed by atoms with Crippen LogP contribution in [-0.4, -0.2) is 40.8 Å². The first-order chi connectivity index (χ1) is 8.20. The van der Waals surface area contributed by atoms with Crippen molar-refractivity contribution in [1.29, 1.82) is 0 Å². The zero-order valence-corrected chi connectivity index (χ0v) is 9.63. The third kappa shape index (κ3) is 2.87. The van der Waals surface area contributed by atoms with Gasteiger partial charge in [0.05, 0.1) is 12.8 Å². The number of piperidine rings is 1. The van der Waals surface area contributed by atoms with Crippen LogP contribution >= 0.6 is 0 Å². The molecule has 0 spiro atoms. The molecule has 1 saturated heterocycles. The number of hydrogen-bond acceptors (Lipinski definition) is 4. The molecule has 2 heterocycles. The highest BCUT2D eigenvalue weighted by atomic mass is 16.4. The molecule has 1 fully saturated rings. The number of nitrogens with zero attached hydrogens (tertiary/aromatic N) is 1. The van der Waals surface area contributed by atoms with E-state index in [0.717, 1.165) is 25.9 Å². The minimum Gasteiger partial charge on any atom is -0.478 e. The lowest BCUT2D eigenvalue weighted by molar-refractivity contribution is 0.0688. The largest absolute Gasteiger partial charge is 0.478 e. The fourth-order valence-electron chi connectivity index (χ4n) is 2.30. The summed E-state index contributed by atoms with van der Waals surface area (Å²) in [6.45, 7) is 2.43. The number of carboxylic acid groups (broad SMARTS) is 1. The molecule has 2 N–H and O–H groups in total. The minimum atomic E-state index is -0.954. The highest BCUT2D eigenvalue weighted by Crippen LogP contribution is 2.20. The van der Waals surface area contributed by atoms with Crippen molar-refractivity contribution in [2.24, 2.45) is 5.92 Å². The van der Waals surface area contributed by atoms with Gasteiger partial charge in [-0.05, 0) is 31.4 Å². The maximum absolute atomic E-state index is 10.9. The summed E-state index contributed by atoms with van der Waals surface area (Å²) < 4.78 is 5.21. The van der Waals surface area contributed by atoms with Crippen LogP contribution in [0.4, 0.5) is 0 Å². The topological polar surface area (TPSA) is 73.9 Å². The van der Waals surface area contributed by atoms with Gasteiger partial charge in [0.2, 0.25) is 0 Å². The van der Waals surface area contributed by atoms with E-state index in [9.17, 15) is 4.79 Å². The third-order valence-electron chi connectivity index (χ3n) is 3.20. The fraction of sp³-hybridized carbons (Fsp3) is 0.583. The molecule has 94 valence electrons. The molecule has 5 nitrogen and oxygen atoms in total. The highest BCUT2D eigenvalue weighted by Gasteiger charge is 2.22. The van der Waals surface area contributed by atoms with Crippen LogP contribution in [0.5, 0.6) is 0 Å². The van der Waals surface area contributed by atoms with Gasteiger partial charge < -0.3 is 14.6 Å². The Labute approximate surface area is 99.6 Å². The van der Waals surface area contributed by atoms with Crippen LogP contribution in [0.25, 0.3) is 0 Å². The van der Waals surface area contributed by atoms with Crippen molar-refractivity contribution in [3.8, 4) is 0 Å². The summed E-state index contributed by atoms with van der Waals surface area (Å²) in [5.41, 5.74) is 0.233. The van der Waals surface area contributed by atoms with Gasteiger partial charge >= 0.3 is 5.97 Å². The Balaban J connectivity index is 2.00. The molecular formula is C12H17NO4. The van der Waals surface area contributed by atoms with Gasteiger partial charge in [0, 0.05) is 13.2 Å². The average Bonchev–Trinajstić information content (AvgIpc) is 2.77. The van der Waals surface area contributed by atoms with Gasteiger partial charge in [-0.25, -0.2) is 4.79 Å². The summed E-state index contributed by atoms with van der Waals surface area (Å²) in [5.74, 6) is -0.160. The molecule has 1 atom stereocenters. The maximum Gasteiger partial charge on any atom is 0.339 e. The van der Waals surface area contributed by atoms with Crippen molar-refractivity contribution in [3.05, 3.63) is 23.7 Å². The summed E-state index contributed by atoms with van der Waals surface area (Å²) in [4.78, 5) is 13.1. The van der Waals surface area contributed by atoms with E-state index >= 15 is 0 Å². The SMILES string of the molecule is O=C(O)c1ccoc1CN1CCCC(CO)C1. The maximum atomic E-state index is 10.9. The summed E-state index contributed by atoms with van der Waals surface area (Å²) in [6.07, 6.45) is 3.48. The summed E-state index contributed by atoms with van der Waals surface area (Å²) >= 11 is 0. The second-order valence-corrected chi connectivity index (χ2v) is 4.49. The number of carbonyl (C=O) groups is 1. The molecule has 1 aliphatic rings. The lowest BCUT2D eigenvalue weighted by Gasteiger charge is -2.31. The van der Waals surface area contributed by atoms with Crippen LogP contribution in [0.1, 0.15) is 29.0 Å². The second-order valence-electron chi connectivity index (χ2n) is 4.49. The lowest BCUT2D eigenvalue weighted by Crippen LogP contribution is -2.36. The first kappa shape index (κ1) is 12.1. The number of furan rings is 1. The fourth-order valence-corrected chi connectivity index (χ4v) is 2.30. The molecule has 5 heteroatoms. The molecule has 1 aromatic rings. The highest BCUT2D eigenvalue weighted by molar-refractivity contribution is 5.88. The van der Waals surface area contributed by atoms with E-state index in [4.69, 9.17) is 14.6 Å². The number of aliphatic hydroxyl groups is 1. The van der Waals surface area contributed by atoms with Crippen LogP contribution < -0.4 is 0 Å². The molecule has 0 amide bonds.